The molecule has 0 unspecified atom stereocenters. The lowest BCUT2D eigenvalue weighted by Crippen LogP contribution is -2.49. The first-order valence-corrected chi connectivity index (χ1v) is 8.69. The van der Waals surface area contributed by atoms with Crippen molar-refractivity contribution in [2.24, 2.45) is 30.2 Å². The summed E-state index contributed by atoms with van der Waals surface area (Å²) >= 11 is 0. The first-order chi connectivity index (χ1) is 11.1. The van der Waals surface area contributed by atoms with E-state index >= 15 is 0 Å². The summed E-state index contributed by atoms with van der Waals surface area (Å²) in [7, 11) is 1.82. The highest BCUT2D eigenvalue weighted by Gasteiger charge is 2.50. The van der Waals surface area contributed by atoms with Gasteiger partial charge in [0, 0.05) is 13.6 Å². The zero-order chi connectivity index (χ0) is 15.6. The minimum atomic E-state index is -0.686. The molecule has 4 aliphatic rings. The summed E-state index contributed by atoms with van der Waals surface area (Å²) < 4.78 is 15.5. The fraction of sp³-hybridized carbons (Fsp3) is 0.706. The Morgan fingerprint density at radius 2 is 1.83 bits per heavy atom. The summed E-state index contributed by atoms with van der Waals surface area (Å²) in [5.41, 5.74) is 1.60. The second-order valence-electron chi connectivity index (χ2n) is 8.14. The van der Waals surface area contributed by atoms with Crippen molar-refractivity contribution in [1.82, 2.24) is 19.5 Å². The highest BCUT2D eigenvalue weighted by atomic mass is 19.1. The maximum atomic E-state index is 13.7. The monoisotopic (exact) mass is 315 g/mol. The molecule has 0 atom stereocenters. The number of hydrogen-bond acceptors (Lipinski definition) is 4. The molecule has 0 radical (unpaired) electrons. The molecule has 122 valence electrons. The molecule has 4 fully saturated rings. The fourth-order valence-corrected chi connectivity index (χ4v) is 5.88. The lowest BCUT2D eigenvalue weighted by molar-refractivity contribution is -0.0444. The third-order valence-corrected chi connectivity index (χ3v) is 6.33. The van der Waals surface area contributed by atoms with Crippen LogP contribution in [0.5, 0.6) is 0 Å². The number of rotatable bonds is 3. The number of anilines is 1. The number of nitrogens with one attached hydrogen (secondary N) is 1. The van der Waals surface area contributed by atoms with Gasteiger partial charge in [-0.05, 0) is 61.7 Å². The van der Waals surface area contributed by atoms with Crippen LogP contribution < -0.4 is 5.32 Å². The number of nitrogens with zero attached hydrogens (tertiary/aromatic N) is 4. The molecule has 0 aromatic carbocycles. The van der Waals surface area contributed by atoms with Gasteiger partial charge in [0.15, 0.2) is 17.0 Å². The van der Waals surface area contributed by atoms with Crippen molar-refractivity contribution in [2.45, 2.75) is 38.5 Å². The van der Waals surface area contributed by atoms with E-state index in [-0.39, 0.29) is 0 Å². The number of imidazole rings is 1. The molecular formula is C17H22FN5. The van der Waals surface area contributed by atoms with Crippen LogP contribution in [-0.4, -0.2) is 26.1 Å². The van der Waals surface area contributed by atoms with Gasteiger partial charge in [0.05, 0.1) is 6.33 Å². The van der Waals surface area contributed by atoms with Crippen molar-refractivity contribution in [3.8, 4) is 0 Å². The summed E-state index contributed by atoms with van der Waals surface area (Å²) in [6.07, 6.45) is 9.26. The van der Waals surface area contributed by atoms with E-state index in [2.05, 4.69) is 20.3 Å². The fourth-order valence-electron chi connectivity index (χ4n) is 5.88. The van der Waals surface area contributed by atoms with Crippen molar-refractivity contribution in [3.63, 3.8) is 0 Å². The van der Waals surface area contributed by atoms with Gasteiger partial charge in [-0.15, -0.1) is 0 Å². The van der Waals surface area contributed by atoms with Crippen LogP contribution >= 0.6 is 0 Å². The SMILES string of the molecule is Cn1cnc2c(NCC34CC5CC(CC(C5)C3)C4)nc(F)nc21. The molecule has 0 spiro atoms. The molecule has 6 heteroatoms. The van der Waals surface area contributed by atoms with Gasteiger partial charge in [-0.2, -0.15) is 14.4 Å². The summed E-state index contributed by atoms with van der Waals surface area (Å²) in [5, 5.41) is 3.43. The number of hydrogen-bond donors (Lipinski definition) is 1. The highest BCUT2D eigenvalue weighted by Crippen LogP contribution is 2.59. The Bertz CT molecular complexity index is 732. The van der Waals surface area contributed by atoms with E-state index in [9.17, 15) is 4.39 Å². The Hall–Kier alpha value is -1.72. The lowest BCUT2D eigenvalue weighted by Gasteiger charge is -2.57. The minimum absolute atomic E-state index is 0.386. The van der Waals surface area contributed by atoms with Crippen molar-refractivity contribution >= 4 is 17.0 Å². The van der Waals surface area contributed by atoms with Crippen molar-refractivity contribution in [1.29, 1.82) is 0 Å². The summed E-state index contributed by atoms with van der Waals surface area (Å²) in [5.74, 6) is 3.30. The molecule has 0 saturated heterocycles. The molecule has 2 aromatic rings. The van der Waals surface area contributed by atoms with Gasteiger partial charge in [0.2, 0.25) is 0 Å². The third kappa shape index (κ3) is 2.14. The molecule has 4 aliphatic carbocycles. The number of aromatic nitrogens is 4. The average Bonchev–Trinajstić information content (AvgIpc) is 2.85. The first kappa shape index (κ1) is 13.7. The summed E-state index contributed by atoms with van der Waals surface area (Å²) in [4.78, 5) is 12.2. The third-order valence-electron chi connectivity index (χ3n) is 6.33. The second-order valence-corrected chi connectivity index (χ2v) is 8.14. The molecule has 23 heavy (non-hydrogen) atoms. The van der Waals surface area contributed by atoms with Crippen LogP contribution in [0.15, 0.2) is 6.33 Å². The quantitative estimate of drug-likeness (QED) is 0.884. The molecule has 1 N–H and O–H groups in total. The number of aryl methyl sites for hydroxylation is 1. The maximum absolute atomic E-state index is 13.7. The summed E-state index contributed by atoms with van der Waals surface area (Å²) in [6.45, 7) is 0.888. The van der Waals surface area contributed by atoms with E-state index in [1.165, 1.54) is 38.5 Å². The van der Waals surface area contributed by atoms with Crippen molar-refractivity contribution in [2.75, 3.05) is 11.9 Å². The van der Waals surface area contributed by atoms with E-state index in [1.54, 1.807) is 10.9 Å². The predicted molar refractivity (Wildman–Crippen MR) is 85.4 cm³/mol. The minimum Gasteiger partial charge on any atom is -0.367 e. The second kappa shape index (κ2) is 4.65. The average molecular weight is 315 g/mol. The molecule has 0 aliphatic heterocycles. The molecule has 2 aromatic heterocycles. The van der Waals surface area contributed by atoms with E-state index in [1.807, 2.05) is 7.05 Å². The lowest BCUT2D eigenvalue weighted by atomic mass is 9.49. The molecule has 5 nitrogen and oxygen atoms in total. The normalized spacial score (nSPS) is 35.1. The van der Waals surface area contributed by atoms with Gasteiger partial charge in [-0.3, -0.25) is 0 Å². The Labute approximate surface area is 134 Å². The zero-order valence-corrected chi connectivity index (χ0v) is 13.4. The molecule has 2 heterocycles. The van der Waals surface area contributed by atoms with Crippen LogP contribution in [0.2, 0.25) is 0 Å². The van der Waals surface area contributed by atoms with Gasteiger partial charge < -0.3 is 9.88 Å². The summed E-state index contributed by atoms with van der Waals surface area (Å²) in [6, 6.07) is 0. The van der Waals surface area contributed by atoms with Crippen LogP contribution in [0.4, 0.5) is 10.2 Å². The van der Waals surface area contributed by atoms with Crippen LogP contribution in [0.25, 0.3) is 11.2 Å². The molecule has 4 bridgehead atoms. The molecular weight excluding hydrogens is 293 g/mol. The largest absolute Gasteiger partial charge is 0.367 e. The van der Waals surface area contributed by atoms with Gasteiger partial charge >= 0.3 is 6.08 Å². The van der Waals surface area contributed by atoms with Crippen LogP contribution in [0, 0.1) is 29.2 Å². The van der Waals surface area contributed by atoms with Gasteiger partial charge in [-0.25, -0.2) is 4.98 Å². The smallest absolute Gasteiger partial charge is 0.312 e. The number of halogens is 1. The van der Waals surface area contributed by atoms with Gasteiger partial charge in [-0.1, -0.05) is 0 Å². The number of fused-ring (bicyclic) bond motifs is 1. The van der Waals surface area contributed by atoms with E-state index in [0.717, 1.165) is 24.3 Å². The van der Waals surface area contributed by atoms with Crippen LogP contribution in [0.3, 0.4) is 0 Å². The Balaban J connectivity index is 1.43. The first-order valence-electron chi connectivity index (χ1n) is 8.69. The van der Waals surface area contributed by atoms with Gasteiger partial charge in [0.25, 0.3) is 0 Å². The molecule has 6 rings (SSSR count). The topological polar surface area (TPSA) is 55.6 Å². The van der Waals surface area contributed by atoms with Crippen molar-refractivity contribution < 1.29 is 4.39 Å². The Morgan fingerprint density at radius 3 is 2.48 bits per heavy atom. The van der Waals surface area contributed by atoms with Crippen molar-refractivity contribution in [3.05, 3.63) is 12.4 Å². The Morgan fingerprint density at radius 1 is 1.17 bits per heavy atom. The van der Waals surface area contributed by atoms with E-state index < -0.39 is 6.08 Å². The Kier molecular flexibility index (Phi) is 2.77. The predicted octanol–water partition coefficient (Wildman–Crippen LogP) is 3.13. The highest BCUT2D eigenvalue weighted by molar-refractivity contribution is 5.82. The maximum Gasteiger partial charge on any atom is 0.312 e. The standard InChI is InChI=1S/C17H22FN5/c1-23-9-20-13-14(21-16(18)22-15(13)23)19-8-17-5-10-2-11(6-17)4-12(3-10)7-17/h9-12H,2-8H2,1H3,(H,19,21,22). The van der Waals surface area contributed by atoms with E-state index in [0.29, 0.717) is 22.4 Å². The molecule has 4 saturated carbocycles. The van der Waals surface area contributed by atoms with Crippen LogP contribution in [-0.2, 0) is 7.05 Å². The van der Waals surface area contributed by atoms with E-state index in [4.69, 9.17) is 0 Å². The van der Waals surface area contributed by atoms with Gasteiger partial charge in [0.1, 0.15) is 0 Å². The zero-order valence-electron chi connectivity index (χ0n) is 13.4. The molecule has 0 amide bonds. The van der Waals surface area contributed by atoms with Crippen LogP contribution in [0.1, 0.15) is 38.5 Å².